The predicted molar refractivity (Wildman–Crippen MR) is 77.1 cm³/mol. The van der Waals surface area contributed by atoms with Crippen LogP contribution in [0.25, 0.3) is 6.08 Å². The van der Waals surface area contributed by atoms with E-state index in [9.17, 15) is 23.7 Å². The number of nitro benzene ring substituents is 1. The van der Waals surface area contributed by atoms with Crippen molar-refractivity contribution >= 4 is 23.4 Å². The molecule has 22 heavy (non-hydrogen) atoms. The van der Waals surface area contributed by atoms with Crippen LogP contribution in [0.4, 0.5) is 20.2 Å². The summed E-state index contributed by atoms with van der Waals surface area (Å²) in [5, 5.41) is 12.7. The molecule has 0 aromatic heterocycles. The average Bonchev–Trinajstić information content (AvgIpc) is 2.49. The lowest BCUT2D eigenvalue weighted by Gasteiger charge is -2.04. The van der Waals surface area contributed by atoms with Gasteiger partial charge in [-0.05, 0) is 23.8 Å². The zero-order valence-corrected chi connectivity index (χ0v) is 11.1. The first-order valence-electron chi connectivity index (χ1n) is 6.15. The van der Waals surface area contributed by atoms with Crippen molar-refractivity contribution in [2.75, 3.05) is 5.32 Å². The normalized spacial score (nSPS) is 10.6. The van der Waals surface area contributed by atoms with E-state index < -0.39 is 28.2 Å². The lowest BCUT2D eigenvalue weighted by molar-refractivity contribution is -0.384. The highest BCUT2D eigenvalue weighted by Gasteiger charge is 2.10. The van der Waals surface area contributed by atoms with E-state index in [2.05, 4.69) is 5.32 Å². The second kappa shape index (κ2) is 6.57. The lowest BCUT2D eigenvalue weighted by atomic mass is 10.2. The molecule has 7 heteroatoms. The summed E-state index contributed by atoms with van der Waals surface area (Å²) in [5.74, 6) is -2.54. The Balaban J connectivity index is 2.12. The molecule has 0 unspecified atom stereocenters. The lowest BCUT2D eigenvalue weighted by Crippen LogP contribution is -2.10. The molecule has 1 N–H and O–H groups in total. The number of non-ortho nitro benzene ring substituents is 1. The van der Waals surface area contributed by atoms with Gasteiger partial charge >= 0.3 is 0 Å². The van der Waals surface area contributed by atoms with Gasteiger partial charge in [-0.1, -0.05) is 18.2 Å². The summed E-state index contributed by atoms with van der Waals surface area (Å²) in [6, 6.07) is 8.82. The fourth-order valence-corrected chi connectivity index (χ4v) is 1.70. The number of anilines is 1. The Labute approximate surface area is 124 Å². The Bertz CT molecular complexity index is 740. The molecule has 0 saturated heterocycles. The summed E-state index contributed by atoms with van der Waals surface area (Å²) >= 11 is 0. The summed E-state index contributed by atoms with van der Waals surface area (Å²) in [6.07, 6.45) is 2.34. The minimum absolute atomic E-state index is 0.122. The minimum atomic E-state index is -0.892. The maximum Gasteiger partial charge on any atom is 0.270 e. The third-order valence-corrected chi connectivity index (χ3v) is 2.72. The van der Waals surface area contributed by atoms with Gasteiger partial charge < -0.3 is 5.32 Å². The molecule has 0 atom stereocenters. The number of carbonyl (C=O) groups is 1. The van der Waals surface area contributed by atoms with Gasteiger partial charge in [-0.15, -0.1) is 0 Å². The van der Waals surface area contributed by atoms with Crippen LogP contribution in [-0.2, 0) is 4.79 Å². The van der Waals surface area contributed by atoms with E-state index in [1.807, 2.05) is 0 Å². The number of hydrogen-bond acceptors (Lipinski definition) is 3. The van der Waals surface area contributed by atoms with Crippen LogP contribution in [0.1, 0.15) is 5.56 Å². The Morgan fingerprint density at radius 1 is 1.14 bits per heavy atom. The largest absolute Gasteiger partial charge is 0.318 e. The van der Waals surface area contributed by atoms with Gasteiger partial charge in [0.15, 0.2) is 0 Å². The number of nitrogens with zero attached hydrogens (tertiary/aromatic N) is 1. The summed E-state index contributed by atoms with van der Waals surface area (Å²) in [5.41, 5.74) is -0.253. The number of amides is 1. The first-order chi connectivity index (χ1) is 10.5. The van der Waals surface area contributed by atoms with Gasteiger partial charge in [0.1, 0.15) is 17.3 Å². The van der Waals surface area contributed by atoms with Crippen molar-refractivity contribution in [2.45, 2.75) is 0 Å². The number of benzene rings is 2. The molecule has 0 spiro atoms. The predicted octanol–water partition coefficient (Wildman–Crippen LogP) is 3.52. The molecule has 0 aliphatic carbocycles. The standard InChI is InChI=1S/C15H10F2N2O3/c16-12-5-2-6-13(17)15(12)18-14(20)8-7-10-3-1-4-11(9-10)19(21)22/h1-9H,(H,18,20). The Kier molecular flexibility index (Phi) is 4.57. The fraction of sp³-hybridized carbons (Fsp3) is 0. The average molecular weight is 304 g/mol. The number of hydrogen-bond donors (Lipinski definition) is 1. The monoisotopic (exact) mass is 304 g/mol. The smallest absolute Gasteiger partial charge is 0.270 e. The van der Waals surface area contributed by atoms with Gasteiger partial charge in [-0.25, -0.2) is 8.78 Å². The van der Waals surface area contributed by atoms with Gasteiger partial charge in [0.05, 0.1) is 4.92 Å². The molecule has 0 bridgehead atoms. The van der Waals surface area contributed by atoms with Crippen molar-refractivity contribution in [2.24, 2.45) is 0 Å². The van der Waals surface area contributed by atoms with Crippen molar-refractivity contribution in [3.05, 3.63) is 75.9 Å². The zero-order chi connectivity index (χ0) is 16.1. The second-order valence-corrected chi connectivity index (χ2v) is 4.27. The molecule has 5 nitrogen and oxygen atoms in total. The molecule has 0 radical (unpaired) electrons. The maximum atomic E-state index is 13.4. The van der Waals surface area contributed by atoms with Crippen LogP contribution in [-0.4, -0.2) is 10.8 Å². The van der Waals surface area contributed by atoms with Crippen LogP contribution < -0.4 is 5.32 Å². The van der Waals surface area contributed by atoms with E-state index in [0.29, 0.717) is 5.56 Å². The topological polar surface area (TPSA) is 72.2 Å². The van der Waals surface area contributed by atoms with Gasteiger partial charge in [-0.2, -0.15) is 0 Å². The fourth-order valence-electron chi connectivity index (χ4n) is 1.70. The SMILES string of the molecule is O=C(C=Cc1cccc([N+](=O)[O-])c1)Nc1c(F)cccc1F. The summed E-state index contributed by atoms with van der Waals surface area (Å²) in [4.78, 5) is 21.7. The summed E-state index contributed by atoms with van der Waals surface area (Å²) in [7, 11) is 0. The molecule has 1 amide bonds. The minimum Gasteiger partial charge on any atom is -0.318 e. The molecular formula is C15H10F2N2O3. The Hall–Kier alpha value is -3.09. The van der Waals surface area contributed by atoms with E-state index in [1.54, 1.807) is 6.07 Å². The third-order valence-electron chi connectivity index (χ3n) is 2.72. The second-order valence-electron chi connectivity index (χ2n) is 4.27. The van der Waals surface area contributed by atoms with Gasteiger partial charge in [0, 0.05) is 18.2 Å². The third kappa shape index (κ3) is 3.72. The summed E-state index contributed by atoms with van der Waals surface area (Å²) < 4.78 is 26.7. The van der Waals surface area contributed by atoms with E-state index >= 15 is 0 Å². The van der Waals surface area contributed by atoms with Gasteiger partial charge in [0.25, 0.3) is 5.69 Å². The number of para-hydroxylation sites is 1. The van der Waals surface area contributed by atoms with Crippen LogP contribution in [0.15, 0.2) is 48.5 Å². The van der Waals surface area contributed by atoms with Crippen molar-refractivity contribution in [3.63, 3.8) is 0 Å². The van der Waals surface area contributed by atoms with E-state index in [0.717, 1.165) is 18.2 Å². The quantitative estimate of drug-likeness (QED) is 0.533. The van der Waals surface area contributed by atoms with Crippen molar-refractivity contribution < 1.29 is 18.5 Å². The van der Waals surface area contributed by atoms with E-state index in [1.165, 1.54) is 30.3 Å². The molecule has 0 saturated carbocycles. The highest BCUT2D eigenvalue weighted by Crippen LogP contribution is 2.18. The number of carbonyl (C=O) groups excluding carboxylic acids is 1. The highest BCUT2D eigenvalue weighted by molar-refractivity contribution is 6.02. The van der Waals surface area contributed by atoms with Crippen LogP contribution in [0.5, 0.6) is 0 Å². The van der Waals surface area contributed by atoms with E-state index in [4.69, 9.17) is 0 Å². The molecule has 2 aromatic carbocycles. The van der Waals surface area contributed by atoms with Crippen LogP contribution in [0, 0.1) is 21.7 Å². The Morgan fingerprint density at radius 2 is 1.77 bits per heavy atom. The molecule has 0 heterocycles. The van der Waals surface area contributed by atoms with Crippen LogP contribution >= 0.6 is 0 Å². The molecule has 2 rings (SSSR count). The molecule has 2 aromatic rings. The van der Waals surface area contributed by atoms with Gasteiger partial charge in [-0.3, -0.25) is 14.9 Å². The zero-order valence-electron chi connectivity index (χ0n) is 11.1. The Morgan fingerprint density at radius 3 is 2.41 bits per heavy atom. The van der Waals surface area contributed by atoms with Crippen molar-refractivity contribution in [3.8, 4) is 0 Å². The highest BCUT2D eigenvalue weighted by atomic mass is 19.1. The number of rotatable bonds is 4. The molecule has 112 valence electrons. The van der Waals surface area contributed by atoms with Crippen LogP contribution in [0.3, 0.4) is 0 Å². The maximum absolute atomic E-state index is 13.4. The van der Waals surface area contributed by atoms with Crippen molar-refractivity contribution in [1.29, 1.82) is 0 Å². The van der Waals surface area contributed by atoms with Crippen LogP contribution in [0.2, 0.25) is 0 Å². The number of halogens is 2. The molecular weight excluding hydrogens is 294 g/mol. The number of nitrogens with one attached hydrogen (secondary N) is 1. The van der Waals surface area contributed by atoms with Gasteiger partial charge in [0.2, 0.25) is 5.91 Å². The van der Waals surface area contributed by atoms with Crippen molar-refractivity contribution in [1.82, 2.24) is 0 Å². The van der Waals surface area contributed by atoms with E-state index in [-0.39, 0.29) is 5.69 Å². The first kappa shape index (κ1) is 15.3. The summed E-state index contributed by atoms with van der Waals surface area (Å²) in [6.45, 7) is 0. The molecule has 0 aliphatic heterocycles. The molecule has 0 aliphatic rings. The molecule has 0 fully saturated rings. The number of nitro groups is 1. The first-order valence-corrected chi connectivity index (χ1v) is 6.15.